The fraction of sp³-hybridized carbons (Fsp3) is 0. The van der Waals surface area contributed by atoms with Gasteiger partial charge in [0.2, 0.25) is 5.76 Å². The summed E-state index contributed by atoms with van der Waals surface area (Å²) in [6, 6.07) is 9.04. The summed E-state index contributed by atoms with van der Waals surface area (Å²) >= 11 is 3.35. The Balaban J connectivity index is 2.41. The van der Waals surface area contributed by atoms with Gasteiger partial charge in [0.25, 0.3) is 5.91 Å². The van der Waals surface area contributed by atoms with Crippen LogP contribution in [0.3, 0.4) is 0 Å². The summed E-state index contributed by atoms with van der Waals surface area (Å²) in [5.74, 6) is -0.561. The lowest BCUT2D eigenvalue weighted by Gasteiger charge is -1.94. The first-order valence-electron chi connectivity index (χ1n) is 4.19. The highest BCUT2D eigenvalue weighted by Gasteiger charge is 2.10. The zero-order valence-corrected chi connectivity index (χ0v) is 9.19. The van der Waals surface area contributed by atoms with Crippen molar-refractivity contribution in [3.05, 3.63) is 40.6 Å². The smallest absolute Gasteiger partial charge is 0.287 e. The van der Waals surface area contributed by atoms with Gasteiger partial charge in [0, 0.05) is 16.1 Å². The number of amides is 1. The lowest BCUT2D eigenvalue weighted by atomic mass is 10.1. The number of hydrogen-bond donors (Lipinski definition) is 1. The molecular formula is C10H7BrN2O2. The molecule has 0 spiro atoms. The van der Waals surface area contributed by atoms with E-state index in [1.165, 1.54) is 6.07 Å². The van der Waals surface area contributed by atoms with Gasteiger partial charge in [0.1, 0.15) is 5.69 Å². The van der Waals surface area contributed by atoms with Crippen molar-refractivity contribution in [2.24, 2.45) is 5.73 Å². The SMILES string of the molecule is NC(=O)c1cc(-c2cccc(Br)c2)no1. The molecule has 0 saturated carbocycles. The summed E-state index contributed by atoms with van der Waals surface area (Å²) in [6.07, 6.45) is 0. The van der Waals surface area contributed by atoms with Crippen molar-refractivity contribution >= 4 is 21.8 Å². The van der Waals surface area contributed by atoms with E-state index < -0.39 is 5.91 Å². The second-order valence-corrected chi connectivity index (χ2v) is 3.87. The van der Waals surface area contributed by atoms with Gasteiger partial charge in [-0.2, -0.15) is 0 Å². The van der Waals surface area contributed by atoms with Crippen molar-refractivity contribution in [1.82, 2.24) is 5.16 Å². The highest BCUT2D eigenvalue weighted by atomic mass is 79.9. The number of aromatic nitrogens is 1. The highest BCUT2D eigenvalue weighted by Crippen LogP contribution is 2.22. The molecule has 2 aromatic rings. The van der Waals surface area contributed by atoms with Gasteiger partial charge in [0.05, 0.1) is 0 Å². The lowest BCUT2D eigenvalue weighted by Crippen LogP contribution is -2.09. The lowest BCUT2D eigenvalue weighted by molar-refractivity contribution is 0.0965. The van der Waals surface area contributed by atoms with E-state index in [2.05, 4.69) is 21.1 Å². The fourth-order valence-electron chi connectivity index (χ4n) is 1.18. The van der Waals surface area contributed by atoms with Gasteiger partial charge < -0.3 is 10.3 Å². The van der Waals surface area contributed by atoms with Crippen LogP contribution in [0.15, 0.2) is 39.3 Å². The molecule has 0 aliphatic rings. The van der Waals surface area contributed by atoms with Crippen LogP contribution in [0.5, 0.6) is 0 Å². The minimum atomic E-state index is -0.622. The number of hydrogen-bond acceptors (Lipinski definition) is 3. The Labute approximate surface area is 94.2 Å². The molecule has 0 fully saturated rings. The number of carbonyl (C=O) groups is 1. The van der Waals surface area contributed by atoms with Gasteiger partial charge >= 0.3 is 0 Å². The van der Waals surface area contributed by atoms with Crippen molar-refractivity contribution in [3.63, 3.8) is 0 Å². The summed E-state index contributed by atoms with van der Waals surface area (Å²) in [7, 11) is 0. The normalized spacial score (nSPS) is 10.2. The summed E-state index contributed by atoms with van der Waals surface area (Å²) in [5, 5.41) is 3.75. The van der Waals surface area contributed by atoms with Crippen LogP contribution < -0.4 is 5.73 Å². The highest BCUT2D eigenvalue weighted by molar-refractivity contribution is 9.10. The predicted molar refractivity (Wildman–Crippen MR) is 58.2 cm³/mol. The number of nitrogens with two attached hydrogens (primary N) is 1. The maximum atomic E-state index is 10.8. The molecule has 0 aliphatic carbocycles. The van der Waals surface area contributed by atoms with E-state index in [1.54, 1.807) is 0 Å². The molecule has 1 amide bonds. The third kappa shape index (κ3) is 2.07. The monoisotopic (exact) mass is 266 g/mol. The van der Waals surface area contributed by atoms with Gasteiger partial charge in [-0.15, -0.1) is 0 Å². The Morgan fingerprint density at radius 1 is 1.40 bits per heavy atom. The molecule has 76 valence electrons. The van der Waals surface area contributed by atoms with E-state index >= 15 is 0 Å². The van der Waals surface area contributed by atoms with Crippen molar-refractivity contribution in [1.29, 1.82) is 0 Å². The number of primary amides is 1. The fourth-order valence-corrected chi connectivity index (χ4v) is 1.57. The largest absolute Gasteiger partial charge is 0.363 e. The summed E-state index contributed by atoms with van der Waals surface area (Å²) in [6.45, 7) is 0. The van der Waals surface area contributed by atoms with Crippen LogP contribution in [0.4, 0.5) is 0 Å². The summed E-state index contributed by atoms with van der Waals surface area (Å²) < 4.78 is 5.71. The molecule has 0 radical (unpaired) electrons. The molecule has 0 aliphatic heterocycles. The molecule has 1 aromatic carbocycles. The molecule has 2 N–H and O–H groups in total. The standard InChI is InChI=1S/C10H7BrN2O2/c11-7-3-1-2-6(4-7)8-5-9(10(12)14)15-13-8/h1-5H,(H2,12,14). The number of carbonyl (C=O) groups excluding carboxylic acids is 1. The van der Waals surface area contributed by atoms with Crippen LogP contribution in [-0.4, -0.2) is 11.1 Å². The summed E-state index contributed by atoms with van der Waals surface area (Å²) in [4.78, 5) is 10.8. The van der Waals surface area contributed by atoms with Gasteiger partial charge in [-0.1, -0.05) is 33.2 Å². The molecule has 0 bridgehead atoms. The average Bonchev–Trinajstić information content (AvgIpc) is 2.66. The average molecular weight is 267 g/mol. The van der Waals surface area contributed by atoms with Gasteiger partial charge in [-0.25, -0.2) is 0 Å². The second-order valence-electron chi connectivity index (χ2n) is 2.95. The van der Waals surface area contributed by atoms with E-state index in [4.69, 9.17) is 10.3 Å². The van der Waals surface area contributed by atoms with Crippen LogP contribution in [0.1, 0.15) is 10.6 Å². The number of nitrogens with zero attached hydrogens (tertiary/aromatic N) is 1. The number of benzene rings is 1. The van der Waals surface area contributed by atoms with Crippen LogP contribution in [0, 0.1) is 0 Å². The van der Waals surface area contributed by atoms with Crippen molar-refractivity contribution in [3.8, 4) is 11.3 Å². The van der Waals surface area contributed by atoms with Crippen LogP contribution in [0.2, 0.25) is 0 Å². The topological polar surface area (TPSA) is 69.1 Å². The van der Waals surface area contributed by atoms with Gasteiger partial charge in [-0.05, 0) is 12.1 Å². The third-order valence-electron chi connectivity index (χ3n) is 1.87. The molecule has 4 nitrogen and oxygen atoms in total. The van der Waals surface area contributed by atoms with E-state index in [0.717, 1.165) is 10.0 Å². The molecule has 1 heterocycles. The quantitative estimate of drug-likeness (QED) is 0.906. The minimum Gasteiger partial charge on any atom is -0.363 e. The molecule has 1 aromatic heterocycles. The first kappa shape index (κ1) is 9.92. The third-order valence-corrected chi connectivity index (χ3v) is 2.37. The van der Waals surface area contributed by atoms with Crippen molar-refractivity contribution in [2.45, 2.75) is 0 Å². The van der Waals surface area contributed by atoms with E-state index in [1.807, 2.05) is 24.3 Å². The molecule has 0 atom stereocenters. The van der Waals surface area contributed by atoms with E-state index in [-0.39, 0.29) is 5.76 Å². The second kappa shape index (κ2) is 3.86. The molecule has 2 rings (SSSR count). The van der Waals surface area contributed by atoms with E-state index in [0.29, 0.717) is 5.69 Å². The molecule has 0 unspecified atom stereocenters. The number of rotatable bonds is 2. The Morgan fingerprint density at radius 2 is 2.20 bits per heavy atom. The molecule has 5 heteroatoms. The van der Waals surface area contributed by atoms with Crippen molar-refractivity contribution in [2.75, 3.05) is 0 Å². The first-order chi connectivity index (χ1) is 7.16. The first-order valence-corrected chi connectivity index (χ1v) is 4.98. The molecule has 0 saturated heterocycles. The Morgan fingerprint density at radius 3 is 2.80 bits per heavy atom. The number of halogens is 1. The van der Waals surface area contributed by atoms with Crippen LogP contribution in [-0.2, 0) is 0 Å². The zero-order valence-electron chi connectivity index (χ0n) is 7.61. The Hall–Kier alpha value is -1.62. The van der Waals surface area contributed by atoms with Gasteiger partial charge in [-0.3, -0.25) is 4.79 Å². The minimum absolute atomic E-state index is 0.0602. The predicted octanol–water partition coefficient (Wildman–Crippen LogP) is 2.20. The summed E-state index contributed by atoms with van der Waals surface area (Å²) in [5.41, 5.74) is 6.50. The Kier molecular flexibility index (Phi) is 2.55. The maximum Gasteiger partial charge on any atom is 0.287 e. The zero-order chi connectivity index (χ0) is 10.8. The Bertz CT molecular complexity index is 508. The van der Waals surface area contributed by atoms with E-state index in [9.17, 15) is 4.79 Å². The van der Waals surface area contributed by atoms with Crippen molar-refractivity contribution < 1.29 is 9.32 Å². The maximum absolute atomic E-state index is 10.8. The molecule has 15 heavy (non-hydrogen) atoms. The van der Waals surface area contributed by atoms with Crippen LogP contribution in [0.25, 0.3) is 11.3 Å². The van der Waals surface area contributed by atoms with Crippen LogP contribution >= 0.6 is 15.9 Å². The molecular weight excluding hydrogens is 260 g/mol. The van der Waals surface area contributed by atoms with Gasteiger partial charge in [0.15, 0.2) is 0 Å².